The van der Waals surface area contributed by atoms with Crippen LogP contribution in [0.1, 0.15) is 0 Å². The van der Waals surface area contributed by atoms with Crippen LogP contribution in [0.25, 0.3) is 5.69 Å². The van der Waals surface area contributed by atoms with Gasteiger partial charge in [-0.1, -0.05) is 11.6 Å². The third-order valence-electron chi connectivity index (χ3n) is 2.19. The molecule has 2 aromatic rings. The lowest BCUT2D eigenvalue weighted by Gasteiger charge is -2.04. The molecule has 1 N–H and O–H groups in total. The summed E-state index contributed by atoms with van der Waals surface area (Å²) in [5.74, 6) is -0.442. The maximum atomic E-state index is 11.5. The van der Waals surface area contributed by atoms with E-state index in [-0.39, 0.29) is 16.8 Å². The third-order valence-corrected chi connectivity index (χ3v) is 3.14. The van der Waals surface area contributed by atoms with Gasteiger partial charge in [0.15, 0.2) is 10.9 Å². The van der Waals surface area contributed by atoms with E-state index in [4.69, 9.17) is 11.6 Å². The molecule has 0 fully saturated rings. The van der Waals surface area contributed by atoms with Gasteiger partial charge >= 0.3 is 0 Å². The number of carbonyl (C=O) groups is 1. The van der Waals surface area contributed by atoms with E-state index in [1.54, 1.807) is 24.7 Å². The molecule has 0 radical (unpaired) electrons. The summed E-state index contributed by atoms with van der Waals surface area (Å²) in [6.07, 6.45) is 6.31. The Morgan fingerprint density at radius 1 is 1.63 bits per heavy atom. The SMILES string of the molecule is C[S+]([O-])CC(=O)Nc1cn(-c2cccnc2)nc1Cl. The molecule has 1 atom stereocenters. The second-order valence-corrected chi connectivity index (χ2v) is 5.55. The monoisotopic (exact) mass is 298 g/mol. The molecule has 0 bridgehead atoms. The van der Waals surface area contributed by atoms with Crippen LogP contribution < -0.4 is 5.32 Å². The molecule has 0 aromatic carbocycles. The highest BCUT2D eigenvalue weighted by Gasteiger charge is 2.14. The molecule has 1 unspecified atom stereocenters. The number of hydrogen-bond donors (Lipinski definition) is 1. The number of nitrogens with zero attached hydrogens (tertiary/aromatic N) is 3. The Kier molecular flexibility index (Phi) is 4.41. The molecular formula is C11H11ClN4O2S. The molecule has 0 aliphatic heterocycles. The van der Waals surface area contributed by atoms with Crippen molar-refractivity contribution >= 4 is 34.4 Å². The zero-order chi connectivity index (χ0) is 13.8. The number of pyridine rings is 1. The Bertz CT molecular complexity index is 573. The van der Waals surface area contributed by atoms with Crippen LogP contribution in [0.2, 0.25) is 5.15 Å². The summed E-state index contributed by atoms with van der Waals surface area (Å²) in [4.78, 5) is 15.5. The second kappa shape index (κ2) is 6.05. The maximum Gasteiger partial charge on any atom is 0.274 e. The van der Waals surface area contributed by atoms with Crippen LogP contribution in [0.15, 0.2) is 30.7 Å². The number of rotatable bonds is 4. The molecule has 0 aliphatic carbocycles. The van der Waals surface area contributed by atoms with Crippen LogP contribution in [0.4, 0.5) is 5.69 Å². The summed E-state index contributed by atoms with van der Waals surface area (Å²) < 4.78 is 12.5. The van der Waals surface area contributed by atoms with E-state index >= 15 is 0 Å². The van der Waals surface area contributed by atoms with Crippen molar-refractivity contribution in [3.63, 3.8) is 0 Å². The molecule has 0 aliphatic rings. The molecule has 2 heterocycles. The fourth-order valence-corrected chi connectivity index (χ4v) is 2.05. The van der Waals surface area contributed by atoms with Gasteiger partial charge in [-0.2, -0.15) is 5.10 Å². The van der Waals surface area contributed by atoms with Crippen LogP contribution >= 0.6 is 11.6 Å². The van der Waals surface area contributed by atoms with Gasteiger partial charge in [-0.25, -0.2) is 4.68 Å². The molecular weight excluding hydrogens is 288 g/mol. The highest BCUT2D eigenvalue weighted by molar-refractivity contribution is 7.91. The van der Waals surface area contributed by atoms with Crippen molar-refractivity contribution in [2.75, 3.05) is 17.3 Å². The van der Waals surface area contributed by atoms with Crippen molar-refractivity contribution in [1.29, 1.82) is 0 Å². The molecule has 0 saturated heterocycles. The molecule has 0 saturated carbocycles. The smallest absolute Gasteiger partial charge is 0.274 e. The average molecular weight is 299 g/mol. The highest BCUT2D eigenvalue weighted by atomic mass is 35.5. The quantitative estimate of drug-likeness (QED) is 0.861. The lowest BCUT2D eigenvalue weighted by molar-refractivity contribution is -0.113. The molecule has 1 amide bonds. The molecule has 6 nitrogen and oxygen atoms in total. The Balaban J connectivity index is 2.16. The Morgan fingerprint density at radius 2 is 2.42 bits per heavy atom. The van der Waals surface area contributed by atoms with Crippen LogP contribution in [-0.4, -0.2) is 37.2 Å². The summed E-state index contributed by atoms with van der Waals surface area (Å²) in [5, 5.41) is 6.79. The van der Waals surface area contributed by atoms with Crippen molar-refractivity contribution in [2.24, 2.45) is 0 Å². The highest BCUT2D eigenvalue weighted by Crippen LogP contribution is 2.21. The second-order valence-electron chi connectivity index (χ2n) is 3.76. The topological polar surface area (TPSA) is 82.9 Å². The number of hydrogen-bond acceptors (Lipinski definition) is 4. The van der Waals surface area contributed by atoms with Crippen molar-refractivity contribution in [3.8, 4) is 5.69 Å². The first-order valence-corrected chi connectivity index (χ1v) is 7.42. The minimum absolute atomic E-state index is 0.0750. The van der Waals surface area contributed by atoms with Gasteiger partial charge in [0.05, 0.1) is 30.0 Å². The molecule has 0 spiro atoms. The van der Waals surface area contributed by atoms with Gasteiger partial charge in [0.1, 0.15) is 0 Å². The van der Waals surface area contributed by atoms with Gasteiger partial charge < -0.3 is 9.87 Å². The predicted molar refractivity (Wildman–Crippen MR) is 73.9 cm³/mol. The van der Waals surface area contributed by atoms with Crippen LogP contribution in [-0.2, 0) is 16.0 Å². The van der Waals surface area contributed by atoms with E-state index in [0.29, 0.717) is 5.69 Å². The largest absolute Gasteiger partial charge is 0.616 e. The van der Waals surface area contributed by atoms with E-state index in [1.807, 2.05) is 6.07 Å². The molecule has 2 rings (SSSR count). The standard InChI is InChI=1S/C11H11ClN4O2S/c1-19(18)7-10(17)14-9-6-16(15-11(9)12)8-3-2-4-13-5-8/h2-6H,7H2,1H3,(H,14,17). The van der Waals surface area contributed by atoms with Gasteiger partial charge in [0, 0.05) is 6.20 Å². The van der Waals surface area contributed by atoms with Crippen LogP contribution in [0.5, 0.6) is 0 Å². The lowest BCUT2D eigenvalue weighted by Crippen LogP contribution is -2.21. The molecule has 2 aromatic heterocycles. The summed E-state index contributed by atoms with van der Waals surface area (Å²) in [6.45, 7) is 0. The van der Waals surface area contributed by atoms with Crippen molar-refractivity contribution in [3.05, 3.63) is 35.9 Å². The van der Waals surface area contributed by atoms with Gasteiger partial charge in [-0.15, -0.1) is 0 Å². The van der Waals surface area contributed by atoms with Crippen LogP contribution in [0, 0.1) is 0 Å². The number of amides is 1. The normalized spacial score (nSPS) is 12.2. The number of nitrogens with one attached hydrogen (secondary N) is 1. The van der Waals surface area contributed by atoms with E-state index in [0.717, 1.165) is 5.69 Å². The van der Waals surface area contributed by atoms with Crippen molar-refractivity contribution < 1.29 is 9.35 Å². The first kappa shape index (κ1) is 13.9. The van der Waals surface area contributed by atoms with Crippen molar-refractivity contribution in [1.82, 2.24) is 14.8 Å². The average Bonchev–Trinajstić information content (AvgIpc) is 2.71. The number of carbonyl (C=O) groups excluding carboxylic acids is 1. The number of anilines is 1. The molecule has 19 heavy (non-hydrogen) atoms. The van der Waals surface area contributed by atoms with E-state index < -0.39 is 11.2 Å². The Morgan fingerprint density at radius 3 is 3.05 bits per heavy atom. The summed E-state index contributed by atoms with van der Waals surface area (Å²) >= 11 is 4.74. The molecule has 8 heteroatoms. The number of aromatic nitrogens is 3. The third kappa shape index (κ3) is 3.69. The summed E-state index contributed by atoms with van der Waals surface area (Å²) in [7, 11) is 0. The van der Waals surface area contributed by atoms with Gasteiger partial charge in [0.25, 0.3) is 5.91 Å². The first-order chi connectivity index (χ1) is 9.06. The zero-order valence-electron chi connectivity index (χ0n) is 10.0. The maximum absolute atomic E-state index is 11.5. The minimum Gasteiger partial charge on any atom is -0.616 e. The van der Waals surface area contributed by atoms with E-state index in [1.165, 1.54) is 10.9 Å². The Hall–Kier alpha value is -1.57. The predicted octanol–water partition coefficient (Wildman–Crippen LogP) is 1.24. The fraction of sp³-hybridized carbons (Fsp3) is 0.182. The van der Waals surface area contributed by atoms with Gasteiger partial charge in [-0.3, -0.25) is 9.78 Å². The summed E-state index contributed by atoms with van der Waals surface area (Å²) in [6, 6.07) is 3.58. The lowest BCUT2D eigenvalue weighted by atomic mass is 10.4. The van der Waals surface area contributed by atoms with Crippen molar-refractivity contribution in [2.45, 2.75) is 0 Å². The summed E-state index contributed by atoms with van der Waals surface area (Å²) in [5.41, 5.74) is 1.10. The van der Waals surface area contributed by atoms with Gasteiger partial charge in [-0.05, 0) is 23.3 Å². The Labute approximate surface area is 118 Å². The van der Waals surface area contributed by atoms with E-state index in [9.17, 15) is 9.35 Å². The van der Waals surface area contributed by atoms with Gasteiger partial charge in [0.2, 0.25) is 0 Å². The zero-order valence-corrected chi connectivity index (χ0v) is 11.6. The van der Waals surface area contributed by atoms with Crippen LogP contribution in [0.3, 0.4) is 0 Å². The fourth-order valence-electron chi connectivity index (χ4n) is 1.43. The minimum atomic E-state index is -1.20. The van der Waals surface area contributed by atoms with E-state index in [2.05, 4.69) is 15.4 Å². The first-order valence-electron chi connectivity index (χ1n) is 5.31. The number of halogens is 1. The molecule has 100 valence electrons.